The lowest BCUT2D eigenvalue weighted by Gasteiger charge is -2.26. The van der Waals surface area contributed by atoms with Crippen LogP contribution in [0.25, 0.3) is 0 Å². The molecule has 1 aromatic carbocycles. The molecule has 1 atom stereocenters. The molecule has 112 valence electrons. The van der Waals surface area contributed by atoms with Crippen LogP contribution in [-0.4, -0.2) is 32.7 Å². The third kappa shape index (κ3) is 2.76. The van der Waals surface area contributed by atoms with Crippen LogP contribution in [0.2, 0.25) is 0 Å². The first-order chi connectivity index (χ1) is 9.16. The van der Waals surface area contributed by atoms with Crippen molar-refractivity contribution in [3.8, 4) is 0 Å². The number of sulfone groups is 1. The van der Waals surface area contributed by atoms with Crippen LogP contribution < -0.4 is 5.32 Å². The van der Waals surface area contributed by atoms with E-state index < -0.39 is 25.8 Å². The maximum Gasteiger partial charge on any atom is 0.501 e. The maximum absolute atomic E-state index is 12.7. The van der Waals surface area contributed by atoms with Crippen molar-refractivity contribution in [2.75, 3.05) is 18.5 Å². The van der Waals surface area contributed by atoms with Gasteiger partial charge in [0.1, 0.15) is 0 Å². The first-order valence-corrected chi connectivity index (χ1v) is 7.40. The summed E-state index contributed by atoms with van der Waals surface area (Å²) in [6, 6.07) is 5.01. The Labute approximate surface area is 114 Å². The third-order valence-corrected chi connectivity index (χ3v) is 4.68. The van der Waals surface area contributed by atoms with Crippen molar-refractivity contribution in [2.45, 2.75) is 29.3 Å². The van der Waals surface area contributed by atoms with Crippen molar-refractivity contribution >= 4 is 15.5 Å². The zero-order valence-corrected chi connectivity index (χ0v) is 11.5. The van der Waals surface area contributed by atoms with Gasteiger partial charge in [0.2, 0.25) is 0 Å². The van der Waals surface area contributed by atoms with Gasteiger partial charge in [-0.15, -0.1) is 0 Å². The van der Waals surface area contributed by atoms with E-state index in [9.17, 15) is 21.6 Å². The van der Waals surface area contributed by atoms with Gasteiger partial charge in [-0.05, 0) is 25.5 Å². The average molecular weight is 309 g/mol. The number of benzene rings is 1. The minimum Gasteiger partial charge on any atom is -0.379 e. The molecule has 0 bridgehead atoms. The number of nitrogens with one attached hydrogen (secondary N) is 1. The molecule has 0 spiro atoms. The number of ether oxygens (including phenoxy) is 1. The number of hydrogen-bond acceptors (Lipinski definition) is 4. The zero-order valence-electron chi connectivity index (χ0n) is 10.7. The van der Waals surface area contributed by atoms with Gasteiger partial charge in [-0.25, -0.2) is 8.42 Å². The second-order valence-corrected chi connectivity index (χ2v) is 6.84. The fourth-order valence-corrected chi connectivity index (χ4v) is 2.94. The van der Waals surface area contributed by atoms with Crippen molar-refractivity contribution in [1.29, 1.82) is 0 Å². The Bertz CT molecular complexity index is 592. The molecule has 0 amide bonds. The van der Waals surface area contributed by atoms with Gasteiger partial charge in [-0.2, -0.15) is 13.2 Å². The molecule has 1 aliphatic rings. The first kappa shape index (κ1) is 15.1. The minimum atomic E-state index is -5.38. The van der Waals surface area contributed by atoms with Crippen LogP contribution in [0, 0.1) is 0 Å². The molecule has 4 nitrogen and oxygen atoms in total. The van der Waals surface area contributed by atoms with E-state index in [4.69, 9.17) is 4.74 Å². The van der Waals surface area contributed by atoms with Crippen molar-refractivity contribution in [3.05, 3.63) is 24.3 Å². The lowest BCUT2D eigenvalue weighted by molar-refractivity contribution is -0.0435. The molecule has 0 saturated carbocycles. The van der Waals surface area contributed by atoms with Gasteiger partial charge in [-0.3, -0.25) is 0 Å². The highest BCUT2D eigenvalue weighted by Gasteiger charge is 2.48. The highest BCUT2D eigenvalue weighted by atomic mass is 32.2. The van der Waals surface area contributed by atoms with Gasteiger partial charge < -0.3 is 10.1 Å². The molecule has 2 rings (SSSR count). The second-order valence-electron chi connectivity index (χ2n) is 4.93. The van der Waals surface area contributed by atoms with E-state index >= 15 is 0 Å². The van der Waals surface area contributed by atoms with Gasteiger partial charge in [0.15, 0.2) is 0 Å². The number of anilines is 1. The standard InChI is InChI=1S/C12H14F3NO3S/c1-11(6-7-19-8-11)16-9-4-2-3-5-10(9)20(17,18)12(13,14)15/h2-5,16H,6-8H2,1H3. The largest absolute Gasteiger partial charge is 0.501 e. The average Bonchev–Trinajstić information content (AvgIpc) is 2.75. The summed E-state index contributed by atoms with van der Waals surface area (Å²) in [4.78, 5) is -0.763. The highest BCUT2D eigenvalue weighted by molar-refractivity contribution is 7.92. The molecule has 1 unspecified atom stereocenters. The van der Waals surface area contributed by atoms with E-state index in [0.717, 1.165) is 6.07 Å². The topological polar surface area (TPSA) is 55.4 Å². The Balaban J connectivity index is 2.42. The van der Waals surface area contributed by atoms with E-state index in [1.54, 1.807) is 6.92 Å². The summed E-state index contributed by atoms with van der Waals surface area (Å²) >= 11 is 0. The van der Waals surface area contributed by atoms with Crippen LogP contribution >= 0.6 is 0 Å². The predicted octanol–water partition coefficient (Wildman–Crippen LogP) is 2.57. The van der Waals surface area contributed by atoms with Crippen LogP contribution in [0.3, 0.4) is 0 Å². The summed E-state index contributed by atoms with van der Waals surface area (Å²) in [5.41, 5.74) is -5.95. The quantitative estimate of drug-likeness (QED) is 0.932. The van der Waals surface area contributed by atoms with Crippen LogP contribution in [0.15, 0.2) is 29.2 Å². The fraction of sp³-hybridized carbons (Fsp3) is 0.500. The molecule has 1 fully saturated rings. The number of hydrogen-bond donors (Lipinski definition) is 1. The van der Waals surface area contributed by atoms with E-state index in [1.165, 1.54) is 18.2 Å². The summed E-state index contributed by atoms with van der Waals surface area (Å²) in [5.74, 6) is 0. The molecule has 1 N–H and O–H groups in total. The van der Waals surface area contributed by atoms with Crippen LogP contribution in [0.5, 0.6) is 0 Å². The maximum atomic E-state index is 12.7. The Hall–Kier alpha value is -1.28. The molecular weight excluding hydrogens is 295 g/mol. The van der Waals surface area contributed by atoms with Crippen LogP contribution in [0.4, 0.5) is 18.9 Å². The smallest absolute Gasteiger partial charge is 0.379 e. The zero-order chi connectivity index (χ0) is 15.0. The number of rotatable bonds is 3. The lowest BCUT2D eigenvalue weighted by Crippen LogP contribution is -2.36. The Kier molecular flexibility index (Phi) is 3.72. The number of para-hydroxylation sites is 1. The van der Waals surface area contributed by atoms with Crippen molar-refractivity contribution < 1.29 is 26.3 Å². The molecule has 0 aromatic heterocycles. The normalized spacial score (nSPS) is 23.8. The van der Waals surface area contributed by atoms with Gasteiger partial charge >= 0.3 is 5.51 Å². The summed E-state index contributed by atoms with van der Waals surface area (Å²) in [7, 11) is -5.38. The second kappa shape index (κ2) is 4.92. The molecule has 20 heavy (non-hydrogen) atoms. The minimum absolute atomic E-state index is 0.0576. The number of alkyl halides is 3. The monoisotopic (exact) mass is 309 g/mol. The predicted molar refractivity (Wildman–Crippen MR) is 67.1 cm³/mol. The van der Waals surface area contributed by atoms with Crippen LogP contribution in [-0.2, 0) is 14.6 Å². The molecule has 1 heterocycles. The number of halogens is 3. The summed E-state index contributed by atoms with van der Waals surface area (Å²) < 4.78 is 66.3. The Morgan fingerprint density at radius 3 is 2.50 bits per heavy atom. The molecule has 8 heteroatoms. The SMILES string of the molecule is CC1(Nc2ccccc2S(=O)(=O)C(F)(F)F)CCOC1. The van der Waals surface area contributed by atoms with Crippen molar-refractivity contribution in [2.24, 2.45) is 0 Å². The van der Waals surface area contributed by atoms with E-state index in [2.05, 4.69) is 5.32 Å². The molecule has 0 radical (unpaired) electrons. The lowest BCUT2D eigenvalue weighted by atomic mass is 10.0. The van der Waals surface area contributed by atoms with Gasteiger partial charge in [0.25, 0.3) is 9.84 Å². The highest BCUT2D eigenvalue weighted by Crippen LogP contribution is 2.36. The molecule has 0 aliphatic carbocycles. The van der Waals surface area contributed by atoms with E-state index in [1.807, 2.05) is 0 Å². The van der Waals surface area contributed by atoms with Crippen molar-refractivity contribution in [3.63, 3.8) is 0 Å². The molecule has 1 aliphatic heterocycles. The Morgan fingerprint density at radius 2 is 1.95 bits per heavy atom. The van der Waals surface area contributed by atoms with Gasteiger partial charge in [-0.1, -0.05) is 12.1 Å². The summed E-state index contributed by atoms with van der Waals surface area (Å²) in [6.45, 7) is 2.57. The third-order valence-electron chi connectivity index (χ3n) is 3.14. The summed E-state index contributed by atoms with van der Waals surface area (Å²) in [5, 5.41) is 2.86. The molecular formula is C12H14F3NO3S. The van der Waals surface area contributed by atoms with Crippen molar-refractivity contribution in [1.82, 2.24) is 0 Å². The van der Waals surface area contributed by atoms with Gasteiger partial charge in [0.05, 0.1) is 22.7 Å². The molecule has 1 aromatic rings. The summed E-state index contributed by atoms with van der Waals surface area (Å²) in [6.07, 6.45) is 0.591. The fourth-order valence-electron chi connectivity index (χ4n) is 2.02. The Morgan fingerprint density at radius 1 is 1.30 bits per heavy atom. The van der Waals surface area contributed by atoms with E-state index in [-0.39, 0.29) is 5.69 Å². The molecule has 1 saturated heterocycles. The van der Waals surface area contributed by atoms with Gasteiger partial charge in [0, 0.05) is 6.61 Å². The first-order valence-electron chi connectivity index (χ1n) is 5.92. The van der Waals surface area contributed by atoms with Crippen LogP contribution in [0.1, 0.15) is 13.3 Å². The van der Waals surface area contributed by atoms with E-state index in [0.29, 0.717) is 19.6 Å².